The Bertz CT molecular complexity index is 960. The van der Waals surface area contributed by atoms with Gasteiger partial charge in [0.05, 0.1) is 5.69 Å². The minimum Gasteiger partial charge on any atom is -0.356 e. The summed E-state index contributed by atoms with van der Waals surface area (Å²) in [6.07, 6.45) is 2.96. The number of carbonyl (C=O) groups is 1. The molecule has 2 aromatic rings. The van der Waals surface area contributed by atoms with Crippen LogP contribution in [0.2, 0.25) is 0 Å². The van der Waals surface area contributed by atoms with Crippen LogP contribution in [0.5, 0.6) is 0 Å². The van der Waals surface area contributed by atoms with Crippen molar-refractivity contribution in [2.24, 2.45) is 4.99 Å². The molecular weight excluding hydrogens is 393 g/mol. The second-order valence-corrected chi connectivity index (χ2v) is 6.73. The minimum atomic E-state index is -1.63. The van der Waals surface area contributed by atoms with Gasteiger partial charge in [0.25, 0.3) is 0 Å². The highest BCUT2D eigenvalue weighted by atomic mass is 19.2. The molecule has 158 valence electrons. The predicted octanol–water partition coefficient (Wildman–Crippen LogP) is 3.80. The van der Waals surface area contributed by atoms with Crippen molar-refractivity contribution in [3.8, 4) is 0 Å². The van der Waals surface area contributed by atoms with Crippen LogP contribution in [0.1, 0.15) is 18.9 Å². The summed E-state index contributed by atoms with van der Waals surface area (Å²) in [5.41, 5.74) is 2.02. The molecule has 1 aliphatic rings. The van der Waals surface area contributed by atoms with E-state index in [1.54, 1.807) is 0 Å². The Labute approximate surface area is 173 Å². The zero-order valence-corrected chi connectivity index (χ0v) is 16.6. The van der Waals surface area contributed by atoms with E-state index in [2.05, 4.69) is 33.8 Å². The van der Waals surface area contributed by atoms with Gasteiger partial charge in [-0.05, 0) is 36.6 Å². The van der Waals surface area contributed by atoms with Gasteiger partial charge in [0.2, 0.25) is 5.91 Å². The van der Waals surface area contributed by atoms with Crippen LogP contribution >= 0.6 is 0 Å². The van der Waals surface area contributed by atoms with Crippen molar-refractivity contribution >= 4 is 23.1 Å². The molecule has 0 spiro atoms. The average molecular weight is 416 g/mol. The zero-order chi connectivity index (χ0) is 21.5. The van der Waals surface area contributed by atoms with Gasteiger partial charge >= 0.3 is 0 Å². The SMILES string of the molecule is CCNC(=NCC(=O)Nc1ccc(F)c(F)c1F)N1CC=C(c2ccccc2)CC1. The maximum absolute atomic E-state index is 13.7. The van der Waals surface area contributed by atoms with Gasteiger partial charge in [-0.15, -0.1) is 0 Å². The van der Waals surface area contributed by atoms with E-state index < -0.39 is 29.0 Å². The molecule has 0 fully saturated rings. The van der Waals surface area contributed by atoms with Gasteiger partial charge in [-0.1, -0.05) is 36.4 Å². The lowest BCUT2D eigenvalue weighted by molar-refractivity contribution is -0.114. The number of amides is 1. The monoisotopic (exact) mass is 416 g/mol. The third-order valence-electron chi connectivity index (χ3n) is 4.67. The number of hydrogen-bond acceptors (Lipinski definition) is 2. The number of guanidine groups is 1. The van der Waals surface area contributed by atoms with E-state index >= 15 is 0 Å². The van der Waals surface area contributed by atoms with Gasteiger partial charge in [0, 0.05) is 19.6 Å². The molecule has 8 heteroatoms. The van der Waals surface area contributed by atoms with Crippen LogP contribution in [0.4, 0.5) is 18.9 Å². The van der Waals surface area contributed by atoms with Gasteiger partial charge in [0.15, 0.2) is 23.4 Å². The third-order valence-corrected chi connectivity index (χ3v) is 4.67. The van der Waals surface area contributed by atoms with Crippen LogP contribution in [0.3, 0.4) is 0 Å². The number of rotatable bonds is 5. The molecule has 2 aromatic carbocycles. The Hall–Kier alpha value is -3.29. The molecule has 0 saturated heterocycles. The van der Waals surface area contributed by atoms with Crippen molar-refractivity contribution in [1.29, 1.82) is 0 Å². The number of halogens is 3. The average Bonchev–Trinajstić information content (AvgIpc) is 2.78. The minimum absolute atomic E-state index is 0.285. The van der Waals surface area contributed by atoms with E-state index in [9.17, 15) is 18.0 Å². The molecule has 5 nitrogen and oxygen atoms in total. The summed E-state index contributed by atoms with van der Waals surface area (Å²) in [7, 11) is 0. The van der Waals surface area contributed by atoms with Gasteiger partial charge < -0.3 is 15.5 Å². The molecule has 0 radical (unpaired) electrons. The van der Waals surface area contributed by atoms with Crippen LogP contribution in [-0.2, 0) is 4.79 Å². The summed E-state index contributed by atoms with van der Waals surface area (Å²) < 4.78 is 40.0. The van der Waals surface area contributed by atoms with E-state index in [0.717, 1.165) is 25.1 Å². The van der Waals surface area contributed by atoms with E-state index in [1.807, 2.05) is 30.0 Å². The number of benzene rings is 2. The lowest BCUT2D eigenvalue weighted by atomic mass is 10.00. The first-order valence-corrected chi connectivity index (χ1v) is 9.70. The largest absolute Gasteiger partial charge is 0.356 e. The molecule has 1 aliphatic heterocycles. The fourth-order valence-electron chi connectivity index (χ4n) is 3.16. The summed E-state index contributed by atoms with van der Waals surface area (Å²) in [5.74, 6) is -4.45. The molecule has 0 aromatic heterocycles. The molecule has 2 N–H and O–H groups in total. The summed E-state index contributed by atoms with van der Waals surface area (Å²) in [6.45, 7) is 3.61. The van der Waals surface area contributed by atoms with Crippen molar-refractivity contribution in [2.45, 2.75) is 13.3 Å². The second kappa shape index (κ2) is 9.96. The molecule has 0 bridgehead atoms. The van der Waals surface area contributed by atoms with Crippen LogP contribution in [0.15, 0.2) is 53.5 Å². The molecule has 3 rings (SSSR count). The van der Waals surface area contributed by atoms with Crippen molar-refractivity contribution in [1.82, 2.24) is 10.2 Å². The van der Waals surface area contributed by atoms with Gasteiger partial charge in [-0.2, -0.15) is 0 Å². The summed E-state index contributed by atoms with van der Waals surface area (Å²) in [4.78, 5) is 18.4. The molecule has 1 amide bonds. The first kappa shape index (κ1) is 21.4. The molecule has 0 atom stereocenters. The van der Waals surface area contributed by atoms with E-state index in [0.29, 0.717) is 19.0 Å². The Balaban J connectivity index is 1.64. The number of anilines is 1. The quantitative estimate of drug-likeness (QED) is 0.443. The molecule has 0 saturated carbocycles. The number of aliphatic imine (C=N–C) groups is 1. The third kappa shape index (κ3) is 5.20. The fourth-order valence-corrected chi connectivity index (χ4v) is 3.16. The molecule has 0 aliphatic carbocycles. The number of carbonyl (C=O) groups excluding carboxylic acids is 1. The van der Waals surface area contributed by atoms with Crippen molar-refractivity contribution in [3.63, 3.8) is 0 Å². The van der Waals surface area contributed by atoms with E-state index in [1.165, 1.54) is 11.1 Å². The highest BCUT2D eigenvalue weighted by molar-refractivity contribution is 5.94. The first-order chi connectivity index (χ1) is 14.5. The smallest absolute Gasteiger partial charge is 0.246 e. The summed E-state index contributed by atoms with van der Waals surface area (Å²) >= 11 is 0. The normalized spacial score (nSPS) is 14.3. The summed E-state index contributed by atoms with van der Waals surface area (Å²) in [5, 5.41) is 5.36. The van der Waals surface area contributed by atoms with Gasteiger partial charge in [0.1, 0.15) is 6.54 Å². The van der Waals surface area contributed by atoms with Crippen LogP contribution in [-0.4, -0.2) is 42.9 Å². The summed E-state index contributed by atoms with van der Waals surface area (Å²) in [6, 6.07) is 11.9. The standard InChI is InChI=1S/C22H23F3N4O/c1-2-26-22(29-12-10-16(11-13-29)15-6-4-3-5-7-15)27-14-19(30)28-18-9-8-17(23)20(24)21(18)25/h3-10H,2,11-14H2,1H3,(H,26,27)(H,28,30). The Kier molecular flexibility index (Phi) is 7.11. The van der Waals surface area contributed by atoms with E-state index in [-0.39, 0.29) is 6.54 Å². The maximum Gasteiger partial charge on any atom is 0.246 e. The maximum atomic E-state index is 13.7. The first-order valence-electron chi connectivity index (χ1n) is 9.70. The highest BCUT2D eigenvalue weighted by Gasteiger charge is 2.18. The Morgan fingerprint density at radius 3 is 2.53 bits per heavy atom. The Morgan fingerprint density at radius 1 is 1.10 bits per heavy atom. The highest BCUT2D eigenvalue weighted by Crippen LogP contribution is 2.22. The Morgan fingerprint density at radius 2 is 1.87 bits per heavy atom. The number of nitrogens with one attached hydrogen (secondary N) is 2. The molecule has 30 heavy (non-hydrogen) atoms. The lowest BCUT2D eigenvalue weighted by Crippen LogP contribution is -2.44. The van der Waals surface area contributed by atoms with Crippen LogP contribution in [0, 0.1) is 17.5 Å². The molecule has 1 heterocycles. The lowest BCUT2D eigenvalue weighted by Gasteiger charge is -2.29. The zero-order valence-electron chi connectivity index (χ0n) is 16.6. The topological polar surface area (TPSA) is 56.7 Å². The second-order valence-electron chi connectivity index (χ2n) is 6.73. The fraction of sp³-hybridized carbons (Fsp3) is 0.273. The van der Waals surface area contributed by atoms with Gasteiger partial charge in [-0.25, -0.2) is 18.2 Å². The number of hydrogen-bond donors (Lipinski definition) is 2. The molecule has 0 unspecified atom stereocenters. The number of nitrogens with zero attached hydrogens (tertiary/aromatic N) is 2. The van der Waals surface area contributed by atoms with Crippen LogP contribution < -0.4 is 10.6 Å². The van der Waals surface area contributed by atoms with Crippen molar-refractivity contribution < 1.29 is 18.0 Å². The van der Waals surface area contributed by atoms with Crippen molar-refractivity contribution in [3.05, 3.63) is 71.6 Å². The molecular formula is C22H23F3N4O. The predicted molar refractivity (Wildman–Crippen MR) is 112 cm³/mol. The van der Waals surface area contributed by atoms with Crippen molar-refractivity contribution in [2.75, 3.05) is 31.5 Å². The van der Waals surface area contributed by atoms with Gasteiger partial charge in [-0.3, -0.25) is 4.79 Å². The van der Waals surface area contributed by atoms with Crippen LogP contribution in [0.25, 0.3) is 5.57 Å². The van der Waals surface area contributed by atoms with E-state index in [4.69, 9.17) is 0 Å².